The molecule has 5 heteroatoms. The van der Waals surface area contributed by atoms with Crippen LogP contribution in [-0.2, 0) is 16.1 Å². The monoisotopic (exact) mass is 281 g/mol. The van der Waals surface area contributed by atoms with Gasteiger partial charge in [0, 0.05) is 29.8 Å². The second-order valence-electron chi connectivity index (χ2n) is 4.72. The van der Waals surface area contributed by atoms with Gasteiger partial charge in [-0.1, -0.05) is 24.3 Å². The van der Waals surface area contributed by atoms with Gasteiger partial charge in [-0.25, -0.2) is 0 Å². The topological polar surface area (TPSA) is 73.3 Å². The van der Waals surface area contributed by atoms with Gasteiger partial charge < -0.3 is 4.74 Å². The van der Waals surface area contributed by atoms with E-state index in [4.69, 9.17) is 4.74 Å². The van der Waals surface area contributed by atoms with Crippen LogP contribution >= 0.6 is 0 Å². The Morgan fingerprint density at radius 2 is 1.76 bits per heavy atom. The van der Waals surface area contributed by atoms with Crippen molar-refractivity contribution in [3.63, 3.8) is 0 Å². The molecule has 1 aromatic carbocycles. The third-order valence-corrected chi connectivity index (χ3v) is 3.26. The van der Waals surface area contributed by atoms with Crippen molar-refractivity contribution < 1.29 is 19.1 Å². The Bertz CT molecular complexity index is 780. The summed E-state index contributed by atoms with van der Waals surface area (Å²) in [7, 11) is 0. The molecule has 0 saturated heterocycles. The molecule has 1 heterocycles. The van der Waals surface area contributed by atoms with Gasteiger partial charge in [0.2, 0.25) is 5.78 Å². The maximum atomic E-state index is 12.4. The zero-order valence-corrected chi connectivity index (χ0v) is 11.3. The van der Waals surface area contributed by atoms with Crippen LogP contribution in [0.25, 0.3) is 0 Å². The number of benzene rings is 1. The summed E-state index contributed by atoms with van der Waals surface area (Å²) in [5, 5.41) is 0. The van der Waals surface area contributed by atoms with E-state index in [1.54, 1.807) is 30.3 Å². The Balaban J connectivity index is 2.04. The maximum Gasteiger partial charge on any atom is 0.302 e. The molecule has 2 aromatic rings. The number of nitrogens with zero attached hydrogens (tertiary/aromatic N) is 1. The fourth-order valence-corrected chi connectivity index (χ4v) is 2.28. The largest absolute Gasteiger partial charge is 0.461 e. The number of rotatable bonds is 2. The van der Waals surface area contributed by atoms with Gasteiger partial charge in [0.1, 0.15) is 12.3 Å². The average molecular weight is 281 g/mol. The molecule has 21 heavy (non-hydrogen) atoms. The van der Waals surface area contributed by atoms with Gasteiger partial charge in [0.25, 0.3) is 0 Å². The summed E-state index contributed by atoms with van der Waals surface area (Å²) < 4.78 is 4.88. The third-order valence-electron chi connectivity index (χ3n) is 3.26. The number of fused-ring (bicyclic) bond motifs is 2. The van der Waals surface area contributed by atoms with Crippen LogP contribution in [0.15, 0.2) is 36.5 Å². The van der Waals surface area contributed by atoms with Crippen molar-refractivity contribution >= 4 is 17.5 Å². The number of hydrogen-bond donors (Lipinski definition) is 0. The lowest BCUT2D eigenvalue weighted by atomic mass is 9.86. The number of esters is 1. The van der Waals surface area contributed by atoms with E-state index in [2.05, 4.69) is 4.98 Å². The molecule has 0 unspecified atom stereocenters. The van der Waals surface area contributed by atoms with Gasteiger partial charge in [-0.3, -0.25) is 19.4 Å². The highest BCUT2D eigenvalue weighted by Crippen LogP contribution is 2.26. The summed E-state index contributed by atoms with van der Waals surface area (Å²) in [6.07, 6.45) is 1.45. The summed E-state index contributed by atoms with van der Waals surface area (Å²) >= 11 is 0. The molecule has 5 nitrogen and oxygen atoms in total. The summed E-state index contributed by atoms with van der Waals surface area (Å²) in [5.41, 5.74) is 1.72. The minimum Gasteiger partial charge on any atom is -0.461 e. The van der Waals surface area contributed by atoms with Crippen LogP contribution in [0, 0.1) is 0 Å². The first-order valence-electron chi connectivity index (χ1n) is 6.38. The lowest BCUT2D eigenvalue weighted by Gasteiger charge is -2.16. The van der Waals surface area contributed by atoms with E-state index in [0.29, 0.717) is 16.7 Å². The first kappa shape index (κ1) is 13.2. The number of ether oxygens (including phenoxy) is 1. The molecule has 3 rings (SSSR count). The second-order valence-corrected chi connectivity index (χ2v) is 4.72. The van der Waals surface area contributed by atoms with Gasteiger partial charge in [-0.15, -0.1) is 0 Å². The molecular formula is C16H11NO4. The van der Waals surface area contributed by atoms with E-state index in [-0.39, 0.29) is 29.4 Å². The molecule has 0 N–H and O–H groups in total. The Morgan fingerprint density at radius 3 is 2.43 bits per heavy atom. The number of carbonyl (C=O) groups excluding carboxylic acids is 3. The van der Waals surface area contributed by atoms with Crippen LogP contribution in [0.4, 0.5) is 0 Å². The predicted octanol–water partition coefficient (Wildman–Crippen LogP) is 1.92. The predicted molar refractivity (Wildman–Crippen MR) is 73.0 cm³/mol. The van der Waals surface area contributed by atoms with E-state index >= 15 is 0 Å². The highest BCUT2D eigenvalue weighted by atomic mass is 16.5. The van der Waals surface area contributed by atoms with Crippen LogP contribution in [0.1, 0.15) is 44.5 Å². The van der Waals surface area contributed by atoms with Gasteiger partial charge in [0.05, 0.1) is 5.56 Å². The number of carbonyl (C=O) groups is 3. The second kappa shape index (κ2) is 4.94. The van der Waals surface area contributed by atoms with Gasteiger partial charge in [-0.2, -0.15) is 0 Å². The van der Waals surface area contributed by atoms with Crippen LogP contribution in [-0.4, -0.2) is 22.5 Å². The SMILES string of the molecule is CC(=O)OCc1cnc2c(c1)C(=O)c1ccccc1C2=O. The average Bonchev–Trinajstić information content (AvgIpc) is 2.50. The van der Waals surface area contributed by atoms with E-state index in [0.717, 1.165) is 0 Å². The molecule has 1 aliphatic carbocycles. The summed E-state index contributed by atoms with van der Waals surface area (Å²) in [4.78, 5) is 39.7. The van der Waals surface area contributed by atoms with Crippen molar-refractivity contribution in [1.82, 2.24) is 4.98 Å². The van der Waals surface area contributed by atoms with Gasteiger partial charge in [-0.05, 0) is 6.07 Å². The number of pyridine rings is 1. The minimum absolute atomic E-state index is 0.0265. The molecule has 0 atom stereocenters. The van der Waals surface area contributed by atoms with Crippen molar-refractivity contribution in [2.45, 2.75) is 13.5 Å². The van der Waals surface area contributed by atoms with Crippen LogP contribution in [0.2, 0.25) is 0 Å². The lowest BCUT2D eigenvalue weighted by molar-refractivity contribution is -0.142. The molecule has 0 bridgehead atoms. The fourth-order valence-electron chi connectivity index (χ4n) is 2.28. The molecule has 0 radical (unpaired) electrons. The molecule has 104 valence electrons. The lowest BCUT2D eigenvalue weighted by Crippen LogP contribution is -2.22. The summed E-state index contributed by atoms with van der Waals surface area (Å²) in [6.45, 7) is 1.33. The molecular weight excluding hydrogens is 270 g/mol. The molecule has 0 fully saturated rings. The Hall–Kier alpha value is -2.82. The van der Waals surface area contributed by atoms with Gasteiger partial charge >= 0.3 is 5.97 Å². The summed E-state index contributed by atoms with van der Waals surface area (Å²) in [5.74, 6) is -0.919. The molecule has 0 spiro atoms. The number of ketones is 2. The molecule has 1 aromatic heterocycles. The van der Waals surface area contributed by atoms with Crippen LogP contribution in [0.5, 0.6) is 0 Å². The molecule has 0 aliphatic heterocycles. The summed E-state index contributed by atoms with van der Waals surface area (Å²) in [6, 6.07) is 8.22. The Morgan fingerprint density at radius 1 is 1.10 bits per heavy atom. The minimum atomic E-state index is -0.416. The fraction of sp³-hybridized carbons (Fsp3) is 0.125. The zero-order valence-electron chi connectivity index (χ0n) is 11.3. The molecule has 1 aliphatic rings. The van der Waals surface area contributed by atoms with E-state index in [9.17, 15) is 14.4 Å². The van der Waals surface area contributed by atoms with Crippen molar-refractivity contribution in [2.75, 3.05) is 0 Å². The smallest absolute Gasteiger partial charge is 0.302 e. The number of aromatic nitrogens is 1. The van der Waals surface area contributed by atoms with Crippen molar-refractivity contribution in [3.05, 3.63) is 64.5 Å². The van der Waals surface area contributed by atoms with Crippen molar-refractivity contribution in [3.8, 4) is 0 Å². The van der Waals surface area contributed by atoms with E-state index < -0.39 is 5.97 Å². The molecule has 0 amide bonds. The van der Waals surface area contributed by atoms with E-state index in [1.165, 1.54) is 13.1 Å². The Labute approximate surface area is 120 Å². The van der Waals surface area contributed by atoms with Crippen molar-refractivity contribution in [1.29, 1.82) is 0 Å². The van der Waals surface area contributed by atoms with Crippen LogP contribution in [0.3, 0.4) is 0 Å². The quantitative estimate of drug-likeness (QED) is 0.671. The normalized spacial score (nSPS) is 12.6. The van der Waals surface area contributed by atoms with Gasteiger partial charge in [0.15, 0.2) is 5.78 Å². The highest BCUT2D eigenvalue weighted by Gasteiger charge is 2.30. The molecule has 0 saturated carbocycles. The maximum absolute atomic E-state index is 12.4. The van der Waals surface area contributed by atoms with Crippen molar-refractivity contribution in [2.24, 2.45) is 0 Å². The standard InChI is InChI=1S/C16H11NO4/c1-9(18)21-8-10-6-13-14(17-7-10)16(20)12-5-3-2-4-11(12)15(13)19/h2-7H,8H2,1H3. The Kier molecular flexibility index (Phi) is 3.10. The first-order chi connectivity index (χ1) is 10.1. The third kappa shape index (κ3) is 2.23. The zero-order chi connectivity index (χ0) is 15.0. The van der Waals surface area contributed by atoms with Crippen LogP contribution < -0.4 is 0 Å². The highest BCUT2D eigenvalue weighted by molar-refractivity contribution is 6.27. The number of hydrogen-bond acceptors (Lipinski definition) is 5. The first-order valence-corrected chi connectivity index (χ1v) is 6.38. The van der Waals surface area contributed by atoms with E-state index in [1.807, 2.05) is 0 Å².